The van der Waals surface area contributed by atoms with Gasteiger partial charge in [-0.05, 0) is 24.2 Å². The van der Waals surface area contributed by atoms with Crippen molar-refractivity contribution in [2.75, 3.05) is 19.8 Å². The molecule has 4 heteroatoms. The Balaban J connectivity index is 2.58. The standard InChI is InChI=1S/C12H17F2NO/c1-2-15-9-10-6-11(14)8-12(7-10)16-5-3-4-13/h6-8,15H,2-5,9H2,1H3. The van der Waals surface area contributed by atoms with Crippen LogP contribution in [-0.4, -0.2) is 19.8 Å². The molecule has 0 fully saturated rings. The lowest BCUT2D eigenvalue weighted by Gasteiger charge is -2.08. The van der Waals surface area contributed by atoms with Crippen LogP contribution in [0.1, 0.15) is 18.9 Å². The van der Waals surface area contributed by atoms with E-state index < -0.39 is 6.67 Å². The van der Waals surface area contributed by atoms with Crippen LogP contribution >= 0.6 is 0 Å². The molecular weight excluding hydrogens is 212 g/mol. The van der Waals surface area contributed by atoms with E-state index in [-0.39, 0.29) is 12.4 Å². The van der Waals surface area contributed by atoms with Gasteiger partial charge in [0.2, 0.25) is 0 Å². The van der Waals surface area contributed by atoms with Gasteiger partial charge in [-0.15, -0.1) is 0 Å². The van der Waals surface area contributed by atoms with E-state index in [2.05, 4.69) is 5.32 Å². The minimum absolute atomic E-state index is 0.278. The molecule has 1 rings (SSSR count). The maximum atomic E-state index is 13.2. The van der Waals surface area contributed by atoms with E-state index in [0.29, 0.717) is 18.7 Å². The topological polar surface area (TPSA) is 21.3 Å². The fourth-order valence-corrected chi connectivity index (χ4v) is 1.32. The van der Waals surface area contributed by atoms with Gasteiger partial charge in [0.1, 0.15) is 11.6 Å². The highest BCUT2D eigenvalue weighted by molar-refractivity contribution is 5.29. The van der Waals surface area contributed by atoms with Crippen molar-refractivity contribution >= 4 is 0 Å². The molecule has 0 saturated carbocycles. The summed E-state index contributed by atoms with van der Waals surface area (Å²) in [5.41, 5.74) is 0.831. The Morgan fingerprint density at radius 1 is 1.31 bits per heavy atom. The molecule has 0 heterocycles. The van der Waals surface area contributed by atoms with Crippen LogP contribution in [0.5, 0.6) is 5.75 Å². The van der Waals surface area contributed by atoms with Gasteiger partial charge in [-0.3, -0.25) is 4.39 Å². The Morgan fingerprint density at radius 2 is 2.12 bits per heavy atom. The van der Waals surface area contributed by atoms with Crippen LogP contribution in [0, 0.1) is 5.82 Å². The van der Waals surface area contributed by atoms with Crippen LogP contribution in [0.25, 0.3) is 0 Å². The summed E-state index contributed by atoms with van der Waals surface area (Å²) >= 11 is 0. The van der Waals surface area contributed by atoms with E-state index in [9.17, 15) is 8.78 Å². The van der Waals surface area contributed by atoms with E-state index in [4.69, 9.17) is 4.74 Å². The molecule has 0 unspecified atom stereocenters. The zero-order valence-electron chi connectivity index (χ0n) is 9.43. The lowest BCUT2D eigenvalue weighted by Crippen LogP contribution is -2.12. The summed E-state index contributed by atoms with van der Waals surface area (Å²) < 4.78 is 30.3. The second-order valence-corrected chi connectivity index (χ2v) is 3.47. The third-order valence-corrected chi connectivity index (χ3v) is 2.06. The number of benzene rings is 1. The molecule has 2 nitrogen and oxygen atoms in total. The molecule has 0 spiro atoms. The summed E-state index contributed by atoms with van der Waals surface area (Å²) in [5.74, 6) is 0.131. The first-order valence-corrected chi connectivity index (χ1v) is 5.45. The maximum absolute atomic E-state index is 13.2. The summed E-state index contributed by atoms with van der Waals surface area (Å²) in [7, 11) is 0. The van der Waals surface area contributed by atoms with Crippen LogP contribution in [0.2, 0.25) is 0 Å². The van der Waals surface area contributed by atoms with Gasteiger partial charge in [-0.2, -0.15) is 0 Å². The Morgan fingerprint density at radius 3 is 2.81 bits per heavy atom. The first kappa shape index (κ1) is 12.9. The minimum atomic E-state index is -0.417. The number of ether oxygens (including phenoxy) is 1. The quantitative estimate of drug-likeness (QED) is 0.726. The number of nitrogens with one attached hydrogen (secondary N) is 1. The van der Waals surface area contributed by atoms with Gasteiger partial charge in [-0.25, -0.2) is 4.39 Å². The van der Waals surface area contributed by atoms with Crippen molar-refractivity contribution in [2.24, 2.45) is 0 Å². The average molecular weight is 229 g/mol. The van der Waals surface area contributed by atoms with Crippen molar-refractivity contribution < 1.29 is 13.5 Å². The van der Waals surface area contributed by atoms with E-state index >= 15 is 0 Å². The number of rotatable bonds is 7. The Labute approximate surface area is 94.6 Å². The minimum Gasteiger partial charge on any atom is -0.493 e. The number of hydrogen-bond donors (Lipinski definition) is 1. The van der Waals surface area contributed by atoms with Crippen LogP contribution < -0.4 is 10.1 Å². The summed E-state index contributed by atoms with van der Waals surface area (Å²) in [6, 6.07) is 4.54. The molecule has 0 bridgehead atoms. The molecule has 90 valence electrons. The molecule has 0 aliphatic rings. The van der Waals surface area contributed by atoms with Crippen molar-refractivity contribution in [2.45, 2.75) is 19.9 Å². The molecular formula is C12H17F2NO. The molecule has 0 saturated heterocycles. The molecule has 0 atom stereocenters. The second kappa shape index (κ2) is 7.17. The van der Waals surface area contributed by atoms with Gasteiger partial charge in [0.25, 0.3) is 0 Å². The van der Waals surface area contributed by atoms with Crippen molar-refractivity contribution in [1.82, 2.24) is 5.32 Å². The van der Waals surface area contributed by atoms with Gasteiger partial charge in [0.15, 0.2) is 0 Å². The Kier molecular flexibility index (Phi) is 5.78. The van der Waals surface area contributed by atoms with Crippen molar-refractivity contribution in [3.8, 4) is 5.75 Å². The predicted octanol–water partition coefficient (Wildman–Crippen LogP) is 2.67. The molecule has 0 aliphatic carbocycles. The monoisotopic (exact) mass is 229 g/mol. The Hall–Kier alpha value is -1.16. The van der Waals surface area contributed by atoms with E-state index in [1.165, 1.54) is 12.1 Å². The third kappa shape index (κ3) is 4.57. The molecule has 16 heavy (non-hydrogen) atoms. The normalized spacial score (nSPS) is 10.4. The zero-order chi connectivity index (χ0) is 11.8. The summed E-state index contributed by atoms with van der Waals surface area (Å²) in [6.07, 6.45) is 0.332. The summed E-state index contributed by atoms with van der Waals surface area (Å²) in [6.45, 7) is 3.28. The van der Waals surface area contributed by atoms with Crippen molar-refractivity contribution in [3.63, 3.8) is 0 Å². The molecule has 0 aliphatic heterocycles. The highest BCUT2D eigenvalue weighted by atomic mass is 19.1. The number of alkyl halides is 1. The van der Waals surface area contributed by atoms with E-state index in [1.807, 2.05) is 6.92 Å². The highest BCUT2D eigenvalue weighted by Gasteiger charge is 2.01. The van der Waals surface area contributed by atoms with Gasteiger partial charge < -0.3 is 10.1 Å². The first-order valence-electron chi connectivity index (χ1n) is 5.45. The first-order chi connectivity index (χ1) is 7.76. The van der Waals surface area contributed by atoms with E-state index in [1.54, 1.807) is 6.07 Å². The lowest BCUT2D eigenvalue weighted by atomic mass is 10.2. The van der Waals surface area contributed by atoms with Gasteiger partial charge in [-0.1, -0.05) is 6.92 Å². The molecule has 1 N–H and O–H groups in total. The molecule has 1 aromatic rings. The van der Waals surface area contributed by atoms with Crippen LogP contribution in [0.15, 0.2) is 18.2 Å². The molecule has 0 aromatic heterocycles. The molecule has 0 amide bonds. The van der Waals surface area contributed by atoms with Gasteiger partial charge in [0.05, 0.1) is 13.3 Å². The van der Waals surface area contributed by atoms with Crippen molar-refractivity contribution in [3.05, 3.63) is 29.6 Å². The smallest absolute Gasteiger partial charge is 0.127 e. The van der Waals surface area contributed by atoms with Crippen LogP contribution in [0.3, 0.4) is 0 Å². The molecule has 1 aromatic carbocycles. The molecule has 0 radical (unpaired) electrons. The number of halogens is 2. The summed E-state index contributed by atoms with van der Waals surface area (Å²) in [4.78, 5) is 0. The largest absolute Gasteiger partial charge is 0.493 e. The highest BCUT2D eigenvalue weighted by Crippen LogP contribution is 2.16. The summed E-state index contributed by atoms with van der Waals surface area (Å²) in [5, 5.41) is 3.10. The maximum Gasteiger partial charge on any atom is 0.127 e. The fourth-order valence-electron chi connectivity index (χ4n) is 1.32. The predicted molar refractivity (Wildman–Crippen MR) is 59.9 cm³/mol. The van der Waals surface area contributed by atoms with Crippen molar-refractivity contribution in [1.29, 1.82) is 0 Å². The van der Waals surface area contributed by atoms with Crippen LogP contribution in [0.4, 0.5) is 8.78 Å². The SMILES string of the molecule is CCNCc1cc(F)cc(OCCCF)c1. The van der Waals surface area contributed by atoms with E-state index in [0.717, 1.165) is 12.1 Å². The average Bonchev–Trinajstić information content (AvgIpc) is 2.26. The third-order valence-electron chi connectivity index (χ3n) is 2.06. The fraction of sp³-hybridized carbons (Fsp3) is 0.500. The number of hydrogen-bond acceptors (Lipinski definition) is 2. The zero-order valence-corrected chi connectivity index (χ0v) is 9.43. The van der Waals surface area contributed by atoms with Crippen LogP contribution in [-0.2, 0) is 6.54 Å². The lowest BCUT2D eigenvalue weighted by molar-refractivity contribution is 0.288. The Bertz CT molecular complexity index is 318. The second-order valence-electron chi connectivity index (χ2n) is 3.47. The van der Waals surface area contributed by atoms with Gasteiger partial charge in [0, 0.05) is 19.0 Å². The van der Waals surface area contributed by atoms with Gasteiger partial charge >= 0.3 is 0 Å².